The summed E-state index contributed by atoms with van der Waals surface area (Å²) >= 11 is 0. The van der Waals surface area contributed by atoms with Crippen LogP contribution in [-0.2, 0) is 0 Å². The summed E-state index contributed by atoms with van der Waals surface area (Å²) in [5.41, 5.74) is 2.38. The molecule has 2 aromatic rings. The molecular weight excluding hydrogens is 272 g/mol. The maximum atomic E-state index is 5.52. The predicted molar refractivity (Wildman–Crippen MR) is 79.4 cm³/mol. The Morgan fingerprint density at radius 1 is 1.05 bits per heavy atom. The third kappa shape index (κ3) is 4.46. The van der Waals surface area contributed by atoms with E-state index in [0.717, 1.165) is 5.75 Å². The van der Waals surface area contributed by atoms with Gasteiger partial charge in [-0.2, -0.15) is 15.0 Å². The van der Waals surface area contributed by atoms with Crippen molar-refractivity contribution in [3.63, 3.8) is 0 Å². The molecule has 2 rings (SSSR count). The van der Waals surface area contributed by atoms with E-state index in [1.807, 2.05) is 44.4 Å². The summed E-state index contributed by atoms with van der Waals surface area (Å²) < 4.78 is 11.0. The quantitative estimate of drug-likeness (QED) is 0.436. The third-order valence-electron chi connectivity index (χ3n) is 2.46. The van der Waals surface area contributed by atoms with Gasteiger partial charge in [0.1, 0.15) is 19.0 Å². The number of ether oxygens (including phenoxy) is 2. The standard InChI is InChI=1S/C13H18N6O2/c1-19(2)12-15-11(18-14)16-13(17-12)21-9-8-20-10-6-4-3-5-7-10/h3-7H,8-9,14H2,1-2H3,(H,15,16,17,18). The van der Waals surface area contributed by atoms with Crippen molar-refractivity contribution in [2.75, 3.05) is 37.6 Å². The van der Waals surface area contributed by atoms with Crippen LogP contribution in [0.15, 0.2) is 30.3 Å². The second-order valence-electron chi connectivity index (χ2n) is 4.29. The normalized spacial score (nSPS) is 10.0. The van der Waals surface area contributed by atoms with Crippen LogP contribution >= 0.6 is 0 Å². The zero-order valence-corrected chi connectivity index (χ0v) is 12.0. The maximum Gasteiger partial charge on any atom is 0.323 e. The van der Waals surface area contributed by atoms with E-state index in [1.165, 1.54) is 0 Å². The van der Waals surface area contributed by atoms with E-state index < -0.39 is 0 Å². The SMILES string of the molecule is CN(C)c1nc(NN)nc(OCCOc2ccccc2)n1. The van der Waals surface area contributed by atoms with Crippen LogP contribution in [0.1, 0.15) is 0 Å². The molecular formula is C13H18N6O2. The molecule has 8 heteroatoms. The summed E-state index contributed by atoms with van der Waals surface area (Å²) in [4.78, 5) is 14.0. The number of nitrogens with two attached hydrogens (primary N) is 1. The van der Waals surface area contributed by atoms with E-state index in [4.69, 9.17) is 15.3 Å². The van der Waals surface area contributed by atoms with E-state index in [0.29, 0.717) is 19.2 Å². The van der Waals surface area contributed by atoms with Gasteiger partial charge in [0.05, 0.1) is 0 Å². The molecule has 0 spiro atoms. The van der Waals surface area contributed by atoms with Gasteiger partial charge in [-0.1, -0.05) is 18.2 Å². The van der Waals surface area contributed by atoms with Crippen LogP contribution in [-0.4, -0.2) is 42.3 Å². The van der Waals surface area contributed by atoms with Crippen molar-refractivity contribution in [2.24, 2.45) is 5.84 Å². The van der Waals surface area contributed by atoms with Gasteiger partial charge in [-0.25, -0.2) is 5.84 Å². The summed E-state index contributed by atoms with van der Waals surface area (Å²) in [5.74, 6) is 6.80. The number of aromatic nitrogens is 3. The predicted octanol–water partition coefficient (Wildman–Crippen LogP) is 0.681. The number of para-hydroxylation sites is 1. The lowest BCUT2D eigenvalue weighted by atomic mass is 10.3. The molecule has 0 aliphatic carbocycles. The van der Waals surface area contributed by atoms with Gasteiger partial charge in [0.2, 0.25) is 11.9 Å². The maximum absolute atomic E-state index is 5.52. The zero-order chi connectivity index (χ0) is 15.1. The van der Waals surface area contributed by atoms with E-state index in [2.05, 4.69) is 20.4 Å². The van der Waals surface area contributed by atoms with Crippen molar-refractivity contribution in [1.29, 1.82) is 0 Å². The van der Waals surface area contributed by atoms with Gasteiger partial charge in [-0.05, 0) is 12.1 Å². The number of benzene rings is 1. The van der Waals surface area contributed by atoms with Crippen LogP contribution < -0.4 is 25.6 Å². The summed E-state index contributed by atoms with van der Waals surface area (Å²) in [6, 6.07) is 9.69. The minimum Gasteiger partial charge on any atom is -0.490 e. The fraction of sp³-hybridized carbons (Fsp3) is 0.308. The zero-order valence-electron chi connectivity index (χ0n) is 12.0. The number of hydrogen-bond donors (Lipinski definition) is 2. The highest BCUT2D eigenvalue weighted by atomic mass is 16.5. The van der Waals surface area contributed by atoms with Crippen molar-refractivity contribution in [1.82, 2.24) is 15.0 Å². The molecule has 0 aliphatic rings. The molecule has 0 bridgehead atoms. The van der Waals surface area contributed by atoms with Crippen LogP contribution in [0.5, 0.6) is 11.8 Å². The number of nitrogen functional groups attached to an aromatic ring is 1. The Morgan fingerprint density at radius 2 is 1.76 bits per heavy atom. The molecule has 0 unspecified atom stereocenters. The molecule has 21 heavy (non-hydrogen) atoms. The Hall–Kier alpha value is -2.61. The van der Waals surface area contributed by atoms with Gasteiger partial charge in [0.25, 0.3) is 0 Å². The first-order valence-corrected chi connectivity index (χ1v) is 6.39. The highest BCUT2D eigenvalue weighted by molar-refractivity contribution is 5.36. The van der Waals surface area contributed by atoms with E-state index in [-0.39, 0.29) is 12.0 Å². The van der Waals surface area contributed by atoms with Crippen molar-refractivity contribution < 1.29 is 9.47 Å². The van der Waals surface area contributed by atoms with Crippen LogP contribution in [0.4, 0.5) is 11.9 Å². The van der Waals surface area contributed by atoms with Gasteiger partial charge < -0.3 is 14.4 Å². The fourth-order valence-electron chi connectivity index (χ4n) is 1.48. The van der Waals surface area contributed by atoms with Crippen LogP contribution in [0.2, 0.25) is 0 Å². The summed E-state index contributed by atoms with van der Waals surface area (Å²) in [7, 11) is 3.63. The second kappa shape index (κ2) is 7.25. The largest absolute Gasteiger partial charge is 0.490 e. The molecule has 1 heterocycles. The number of hydrazine groups is 1. The minimum atomic E-state index is 0.193. The smallest absolute Gasteiger partial charge is 0.323 e. The molecule has 0 atom stereocenters. The number of anilines is 2. The monoisotopic (exact) mass is 290 g/mol. The van der Waals surface area contributed by atoms with E-state index >= 15 is 0 Å². The summed E-state index contributed by atoms with van der Waals surface area (Å²) in [6.45, 7) is 0.703. The fourth-order valence-corrected chi connectivity index (χ4v) is 1.48. The van der Waals surface area contributed by atoms with Gasteiger partial charge in [0, 0.05) is 14.1 Å². The van der Waals surface area contributed by atoms with Gasteiger partial charge in [0.15, 0.2) is 0 Å². The van der Waals surface area contributed by atoms with Crippen LogP contribution in [0, 0.1) is 0 Å². The van der Waals surface area contributed by atoms with Gasteiger partial charge in [-0.3, -0.25) is 5.43 Å². The molecule has 3 N–H and O–H groups in total. The second-order valence-corrected chi connectivity index (χ2v) is 4.29. The molecule has 0 radical (unpaired) electrons. The summed E-state index contributed by atoms with van der Waals surface area (Å²) in [6.07, 6.45) is 0. The molecule has 0 fully saturated rings. The Morgan fingerprint density at radius 3 is 2.43 bits per heavy atom. The molecule has 1 aromatic heterocycles. The van der Waals surface area contributed by atoms with Crippen molar-refractivity contribution in [2.45, 2.75) is 0 Å². The third-order valence-corrected chi connectivity index (χ3v) is 2.46. The number of nitrogens with one attached hydrogen (secondary N) is 1. The number of rotatable bonds is 7. The first kappa shape index (κ1) is 14.8. The molecule has 0 amide bonds. The number of nitrogens with zero attached hydrogens (tertiary/aromatic N) is 4. The van der Waals surface area contributed by atoms with Gasteiger partial charge >= 0.3 is 6.01 Å². The average Bonchev–Trinajstić information content (AvgIpc) is 2.52. The first-order valence-electron chi connectivity index (χ1n) is 6.39. The highest BCUT2D eigenvalue weighted by Gasteiger charge is 2.08. The highest BCUT2D eigenvalue weighted by Crippen LogP contribution is 2.12. The van der Waals surface area contributed by atoms with Gasteiger partial charge in [-0.15, -0.1) is 0 Å². The molecule has 0 aliphatic heterocycles. The lowest BCUT2D eigenvalue weighted by Crippen LogP contribution is -2.19. The van der Waals surface area contributed by atoms with Crippen molar-refractivity contribution in [3.05, 3.63) is 30.3 Å². The van der Waals surface area contributed by atoms with Crippen molar-refractivity contribution >= 4 is 11.9 Å². The Labute approximate surface area is 122 Å². The van der Waals surface area contributed by atoms with E-state index in [1.54, 1.807) is 4.90 Å². The lowest BCUT2D eigenvalue weighted by molar-refractivity contribution is 0.206. The summed E-state index contributed by atoms with van der Waals surface area (Å²) in [5, 5.41) is 0. The Bertz CT molecular complexity index is 564. The molecule has 112 valence electrons. The molecule has 0 saturated heterocycles. The minimum absolute atomic E-state index is 0.193. The lowest BCUT2D eigenvalue weighted by Gasteiger charge is -2.12. The topological polar surface area (TPSA) is 98.4 Å². The first-order chi connectivity index (χ1) is 10.2. The number of hydrogen-bond acceptors (Lipinski definition) is 8. The molecule has 8 nitrogen and oxygen atoms in total. The molecule has 1 aromatic carbocycles. The van der Waals surface area contributed by atoms with Crippen LogP contribution in [0.25, 0.3) is 0 Å². The van der Waals surface area contributed by atoms with Crippen molar-refractivity contribution in [3.8, 4) is 11.8 Å². The Kier molecular flexibility index (Phi) is 5.10. The van der Waals surface area contributed by atoms with Crippen LogP contribution in [0.3, 0.4) is 0 Å². The average molecular weight is 290 g/mol. The van der Waals surface area contributed by atoms with E-state index in [9.17, 15) is 0 Å². The molecule has 0 saturated carbocycles. The Balaban J connectivity index is 1.89.